The second kappa shape index (κ2) is 12.4. The molecule has 0 unspecified atom stereocenters. The number of fused-ring (bicyclic) bond motifs is 3. The zero-order valence-corrected chi connectivity index (χ0v) is 29.0. The van der Waals surface area contributed by atoms with E-state index in [2.05, 4.69) is 105 Å². The maximum atomic E-state index is 3.75. The van der Waals surface area contributed by atoms with Gasteiger partial charge < -0.3 is 55.9 Å². The van der Waals surface area contributed by atoms with E-state index in [0.717, 1.165) is 55.8 Å². The Kier molecular flexibility index (Phi) is 8.65. The third-order valence-electron chi connectivity index (χ3n) is 8.11. The molecule has 5 heterocycles. The van der Waals surface area contributed by atoms with E-state index in [9.17, 15) is 0 Å². The third kappa shape index (κ3) is 5.46. The van der Waals surface area contributed by atoms with E-state index in [1.54, 1.807) is 0 Å². The van der Waals surface area contributed by atoms with Gasteiger partial charge in [-0.2, -0.15) is 61.7 Å². The van der Waals surface area contributed by atoms with Crippen LogP contribution in [0, 0.1) is 57.9 Å². The van der Waals surface area contributed by atoms with Gasteiger partial charge in [0.2, 0.25) is 0 Å². The molecule has 1 aromatic heterocycles. The second-order valence-corrected chi connectivity index (χ2v) is 11.4. The molecule has 0 atom stereocenters. The van der Waals surface area contributed by atoms with Crippen LogP contribution >= 0.6 is 0 Å². The Morgan fingerprint density at radius 1 is 0.478 bits per heavy atom. The molecule has 0 radical (unpaired) electrons. The molecule has 0 saturated carbocycles. The molecule has 0 amide bonds. The van der Waals surface area contributed by atoms with Gasteiger partial charge in [-0.15, -0.1) is 30.4 Å². The first-order chi connectivity index (χ1) is 21.3. The summed E-state index contributed by atoms with van der Waals surface area (Å²) in [6.07, 6.45) is 16.3. The molecule has 0 bridgehead atoms. The quantitative estimate of drug-likeness (QED) is 0.190. The first-order valence-corrected chi connectivity index (χ1v) is 14.4. The number of hydrogen-bond acceptors (Lipinski definition) is 8. The normalized spacial score (nSPS) is 17.2. The van der Waals surface area contributed by atoms with Crippen LogP contribution in [0.25, 0.3) is 27.5 Å². The molecule has 11 heteroatoms. The summed E-state index contributed by atoms with van der Waals surface area (Å²) in [5.74, 6) is 0. The van der Waals surface area contributed by atoms with Gasteiger partial charge in [0, 0.05) is 40.8 Å². The summed E-state index contributed by atoms with van der Waals surface area (Å²) in [6.45, 7) is 10.3. The molecular formula is C35H31N9Pd2-8. The number of aromatic nitrogens is 1. The van der Waals surface area contributed by atoms with Gasteiger partial charge in [-0.1, -0.05) is 11.0 Å². The van der Waals surface area contributed by atoms with Gasteiger partial charge >= 0.3 is 0 Å². The predicted octanol–water partition coefficient (Wildman–Crippen LogP) is 5.66. The van der Waals surface area contributed by atoms with Gasteiger partial charge in [0.25, 0.3) is 0 Å². The molecule has 4 aromatic rings. The van der Waals surface area contributed by atoms with Crippen LogP contribution in [0.1, 0.15) is 5.56 Å². The van der Waals surface area contributed by atoms with Crippen molar-refractivity contribution in [1.82, 2.24) is 24.2 Å². The molecule has 0 saturated heterocycles. The first-order valence-electron chi connectivity index (χ1n) is 14.4. The fraction of sp³-hybridized carbons (Fsp3) is 0.143. The van der Waals surface area contributed by atoms with E-state index < -0.39 is 0 Å². The molecular weight excluding hydrogens is 759 g/mol. The fourth-order valence-electron chi connectivity index (χ4n) is 5.90. The fourth-order valence-corrected chi connectivity index (χ4v) is 5.90. The molecule has 3 aromatic carbocycles. The van der Waals surface area contributed by atoms with Crippen LogP contribution in [0.2, 0.25) is 0 Å². The Bertz CT molecular complexity index is 1780. The van der Waals surface area contributed by atoms with Crippen molar-refractivity contribution < 1.29 is 40.8 Å². The van der Waals surface area contributed by atoms with Crippen molar-refractivity contribution >= 4 is 44.6 Å². The second-order valence-electron chi connectivity index (χ2n) is 11.4. The monoisotopic (exact) mass is 789 g/mol. The maximum absolute atomic E-state index is 3.75. The number of rotatable bonds is 5. The Morgan fingerprint density at radius 3 is 1.20 bits per heavy atom. The molecule has 244 valence electrons. The molecule has 4 aliphatic heterocycles. The van der Waals surface area contributed by atoms with Gasteiger partial charge in [0.1, 0.15) is 0 Å². The Labute approximate surface area is 298 Å². The molecule has 0 fully saturated rings. The van der Waals surface area contributed by atoms with Gasteiger partial charge in [0.15, 0.2) is 0 Å². The van der Waals surface area contributed by atoms with E-state index in [0.29, 0.717) is 0 Å². The first kappa shape index (κ1) is 32.1. The number of anilines is 4. The largest absolute Gasteiger partial charge is 0.520 e. The minimum Gasteiger partial charge on any atom is -0.520 e. The average Bonchev–Trinajstić information content (AvgIpc) is 3.85. The zero-order valence-electron chi connectivity index (χ0n) is 25.9. The molecule has 46 heavy (non-hydrogen) atoms. The molecule has 9 nitrogen and oxygen atoms in total. The van der Waals surface area contributed by atoms with Crippen LogP contribution in [-0.4, -0.2) is 52.4 Å². The van der Waals surface area contributed by atoms with Crippen LogP contribution in [0.5, 0.6) is 0 Å². The van der Waals surface area contributed by atoms with Gasteiger partial charge in [0.05, 0.1) is 0 Å². The van der Waals surface area contributed by atoms with E-state index in [1.807, 2.05) is 98.3 Å². The maximum Gasteiger partial charge on any atom is 0 e. The minimum absolute atomic E-state index is 0. The van der Waals surface area contributed by atoms with Crippen molar-refractivity contribution in [1.29, 1.82) is 0 Å². The topological polar surface area (TPSA) is 30.9 Å². The summed E-state index contributed by atoms with van der Waals surface area (Å²) in [5.41, 5.74) is 7.51. The predicted molar refractivity (Wildman–Crippen MR) is 176 cm³/mol. The smallest absolute Gasteiger partial charge is 0 e. The zero-order chi connectivity index (χ0) is 30.1. The van der Waals surface area contributed by atoms with Crippen molar-refractivity contribution in [3.63, 3.8) is 0 Å². The molecule has 0 aliphatic carbocycles. The summed E-state index contributed by atoms with van der Waals surface area (Å²) in [7, 11) is 8.09. The molecule has 4 aliphatic rings. The van der Waals surface area contributed by atoms with Crippen molar-refractivity contribution in [3.8, 4) is 5.69 Å². The van der Waals surface area contributed by atoms with Crippen LogP contribution < -0.4 is 19.6 Å². The van der Waals surface area contributed by atoms with E-state index in [4.69, 9.17) is 0 Å². The SMILES string of the molecule is Cc1c(N2C=CN(C)[CH-]2)[c-]c(-n2c3[c-]c(N4C=CN(C)[CH-]4)ccc3c3ccc(N4C=CN(C)[CH-]4)[c-]c32)[c-]c1N1C=CN(C)[CH-]1.[Pd].[Pd]. The minimum atomic E-state index is 0. The number of nitrogens with zero attached hydrogens (tertiary/aromatic N) is 9. The third-order valence-corrected chi connectivity index (χ3v) is 8.11. The molecule has 8 rings (SSSR count). The van der Waals surface area contributed by atoms with E-state index in [-0.39, 0.29) is 40.8 Å². The van der Waals surface area contributed by atoms with E-state index in [1.165, 1.54) is 0 Å². The summed E-state index contributed by atoms with van der Waals surface area (Å²) < 4.78 is 2.20. The standard InChI is InChI=1S/C35H31N9.2Pd/c1-26-32(42-16-12-38(4)24-42)20-29(21-33(26)43-17-13-39(5)25-43)44-34-18-27(40-14-10-36(2)22-40)6-8-30(34)31-9-7-28(19-35(31)44)41-15-11-37(3)23-41;;/h6-17,22-25H,1-5H3;;/q-8;;. The van der Waals surface area contributed by atoms with Gasteiger partial charge in [-0.25, -0.2) is 22.6 Å². The number of benzene rings is 3. The molecule has 0 spiro atoms. The van der Waals surface area contributed by atoms with Crippen molar-refractivity contribution in [2.45, 2.75) is 6.92 Å². The summed E-state index contributed by atoms with van der Waals surface area (Å²) in [4.78, 5) is 16.5. The van der Waals surface area contributed by atoms with Crippen molar-refractivity contribution in [2.24, 2.45) is 0 Å². The Morgan fingerprint density at radius 2 is 0.848 bits per heavy atom. The van der Waals surface area contributed by atoms with Gasteiger partial charge in [-0.3, -0.25) is 0 Å². The Hall–Kier alpha value is -3.86. The van der Waals surface area contributed by atoms with Crippen LogP contribution in [0.15, 0.2) is 73.9 Å². The summed E-state index contributed by atoms with van der Waals surface area (Å²) in [5, 5.41) is 2.18. The van der Waals surface area contributed by atoms with E-state index >= 15 is 0 Å². The Balaban J connectivity index is 0.00000186. The summed E-state index contributed by atoms with van der Waals surface area (Å²) in [6, 6.07) is 23.6. The van der Waals surface area contributed by atoms with Crippen LogP contribution in [0.4, 0.5) is 22.7 Å². The average molecular weight is 791 g/mol. The van der Waals surface area contributed by atoms with Gasteiger partial charge in [-0.05, 0) is 77.8 Å². The van der Waals surface area contributed by atoms with Crippen LogP contribution in [-0.2, 0) is 40.8 Å². The molecule has 0 N–H and O–H groups in total. The van der Waals surface area contributed by atoms with Crippen molar-refractivity contribution in [3.05, 3.63) is 130 Å². The summed E-state index contributed by atoms with van der Waals surface area (Å²) >= 11 is 0. The van der Waals surface area contributed by atoms with Crippen molar-refractivity contribution in [2.75, 3.05) is 47.8 Å². The van der Waals surface area contributed by atoms with Crippen LogP contribution in [0.3, 0.4) is 0 Å². The number of hydrogen-bond donors (Lipinski definition) is 0.